The average Bonchev–Trinajstić information content (AvgIpc) is 2.94. The zero-order valence-corrected chi connectivity index (χ0v) is 13.3. The van der Waals surface area contributed by atoms with E-state index in [4.69, 9.17) is 0 Å². The van der Waals surface area contributed by atoms with E-state index in [9.17, 15) is 4.79 Å². The summed E-state index contributed by atoms with van der Waals surface area (Å²) in [6.45, 7) is 0.385. The first-order valence-electron chi connectivity index (χ1n) is 6.41. The zero-order chi connectivity index (χ0) is 15.0. The number of halogens is 1. The summed E-state index contributed by atoms with van der Waals surface area (Å²) in [6.07, 6.45) is 3.37. The number of fused-ring (bicyclic) bond motifs is 1. The van der Waals surface area contributed by atoms with Crippen molar-refractivity contribution in [3.05, 3.63) is 51.4 Å². The van der Waals surface area contributed by atoms with Crippen LogP contribution in [0.15, 0.2) is 40.0 Å². The predicted octanol–water partition coefficient (Wildman–Crippen LogP) is 2.00. The molecule has 0 radical (unpaired) electrons. The quantitative estimate of drug-likeness (QED) is 0.786. The number of imidazole rings is 1. The third-order valence-corrected chi connectivity index (χ3v) is 3.72. The second-order valence-electron chi connectivity index (χ2n) is 4.92. The van der Waals surface area contributed by atoms with E-state index in [1.165, 1.54) is 0 Å². The summed E-state index contributed by atoms with van der Waals surface area (Å²) in [5, 5.41) is 0.929. The van der Waals surface area contributed by atoms with Crippen molar-refractivity contribution in [2.45, 2.75) is 6.54 Å². The van der Waals surface area contributed by atoms with Crippen molar-refractivity contribution in [1.82, 2.24) is 19.5 Å². The van der Waals surface area contributed by atoms with Crippen LogP contribution in [0.3, 0.4) is 0 Å². The molecule has 6 nitrogen and oxygen atoms in total. The molecule has 3 aromatic rings. The third-order valence-electron chi connectivity index (χ3n) is 3.22. The fourth-order valence-corrected chi connectivity index (χ4v) is 2.61. The Morgan fingerprint density at radius 3 is 2.86 bits per heavy atom. The standard InChI is InChI=1S/C14H14BrN5O/c1-19(2)13-11-4-3-9(15)5-12(11)20(14(21)18-13)7-10-6-16-8-17-10/h3-6,8H,7H2,1-2H3,(H,16,17). The molecule has 0 aliphatic heterocycles. The van der Waals surface area contributed by atoms with Crippen molar-refractivity contribution in [2.75, 3.05) is 19.0 Å². The second-order valence-corrected chi connectivity index (χ2v) is 5.84. The lowest BCUT2D eigenvalue weighted by Gasteiger charge is -2.16. The molecule has 0 atom stereocenters. The third kappa shape index (κ3) is 2.56. The largest absolute Gasteiger partial charge is 0.362 e. The molecule has 0 aliphatic carbocycles. The van der Waals surface area contributed by atoms with Gasteiger partial charge in [-0.15, -0.1) is 0 Å². The fraction of sp³-hybridized carbons (Fsp3) is 0.214. The molecule has 0 fully saturated rings. The van der Waals surface area contributed by atoms with Crippen LogP contribution in [0.25, 0.3) is 10.9 Å². The summed E-state index contributed by atoms with van der Waals surface area (Å²) in [5.74, 6) is 0.667. The topological polar surface area (TPSA) is 66.8 Å². The number of benzene rings is 1. The van der Waals surface area contributed by atoms with Crippen LogP contribution in [0.5, 0.6) is 0 Å². The maximum Gasteiger partial charge on any atom is 0.350 e. The lowest BCUT2D eigenvalue weighted by molar-refractivity contribution is 0.744. The number of aromatic amines is 1. The molecule has 0 bridgehead atoms. The Hall–Kier alpha value is -2.15. The van der Waals surface area contributed by atoms with Crippen LogP contribution >= 0.6 is 15.9 Å². The molecular weight excluding hydrogens is 334 g/mol. The van der Waals surface area contributed by atoms with Crippen LogP contribution in [-0.4, -0.2) is 33.6 Å². The highest BCUT2D eigenvalue weighted by atomic mass is 79.9. The summed E-state index contributed by atoms with van der Waals surface area (Å²) in [5.41, 5.74) is 1.33. The van der Waals surface area contributed by atoms with Crippen LogP contribution in [0.2, 0.25) is 0 Å². The second kappa shape index (κ2) is 5.33. The van der Waals surface area contributed by atoms with Crippen molar-refractivity contribution in [1.29, 1.82) is 0 Å². The Balaban J connectivity index is 2.28. The van der Waals surface area contributed by atoms with E-state index in [1.54, 1.807) is 17.1 Å². The van der Waals surface area contributed by atoms with Gasteiger partial charge < -0.3 is 9.88 Å². The molecule has 1 aromatic carbocycles. The number of nitrogens with zero attached hydrogens (tertiary/aromatic N) is 4. The first-order valence-corrected chi connectivity index (χ1v) is 7.20. The highest BCUT2D eigenvalue weighted by Crippen LogP contribution is 2.25. The minimum atomic E-state index is -0.285. The molecule has 0 unspecified atom stereocenters. The maximum atomic E-state index is 12.4. The van der Waals surface area contributed by atoms with Crippen LogP contribution in [0.4, 0.5) is 5.82 Å². The van der Waals surface area contributed by atoms with Gasteiger partial charge in [-0.3, -0.25) is 4.57 Å². The van der Waals surface area contributed by atoms with E-state index in [-0.39, 0.29) is 5.69 Å². The Morgan fingerprint density at radius 2 is 2.19 bits per heavy atom. The summed E-state index contributed by atoms with van der Waals surface area (Å²) in [6, 6.07) is 5.83. The summed E-state index contributed by atoms with van der Waals surface area (Å²) in [4.78, 5) is 25.5. The highest BCUT2D eigenvalue weighted by molar-refractivity contribution is 9.10. The van der Waals surface area contributed by atoms with Gasteiger partial charge in [0, 0.05) is 30.2 Å². The van der Waals surface area contributed by atoms with E-state index in [1.807, 2.05) is 37.2 Å². The van der Waals surface area contributed by atoms with Crippen LogP contribution in [0.1, 0.15) is 5.69 Å². The predicted molar refractivity (Wildman–Crippen MR) is 85.7 cm³/mol. The molecule has 108 valence electrons. The van der Waals surface area contributed by atoms with Crippen molar-refractivity contribution in [2.24, 2.45) is 0 Å². The number of nitrogens with one attached hydrogen (secondary N) is 1. The minimum absolute atomic E-state index is 0.285. The van der Waals surface area contributed by atoms with Gasteiger partial charge in [-0.2, -0.15) is 4.98 Å². The maximum absolute atomic E-state index is 12.4. The normalized spacial score (nSPS) is 11.0. The smallest absolute Gasteiger partial charge is 0.350 e. The highest BCUT2D eigenvalue weighted by Gasteiger charge is 2.13. The Morgan fingerprint density at radius 1 is 1.38 bits per heavy atom. The molecule has 3 rings (SSSR count). The summed E-state index contributed by atoms with van der Waals surface area (Å²) in [7, 11) is 3.75. The molecule has 21 heavy (non-hydrogen) atoms. The van der Waals surface area contributed by atoms with E-state index in [0.29, 0.717) is 12.4 Å². The van der Waals surface area contributed by atoms with Gasteiger partial charge in [0.2, 0.25) is 0 Å². The van der Waals surface area contributed by atoms with Crippen LogP contribution in [-0.2, 0) is 6.54 Å². The van der Waals surface area contributed by atoms with Gasteiger partial charge in [-0.05, 0) is 18.2 Å². The Bertz CT molecular complexity index is 838. The lowest BCUT2D eigenvalue weighted by atomic mass is 10.2. The molecule has 2 heterocycles. The molecule has 0 amide bonds. The molecule has 2 aromatic heterocycles. The lowest BCUT2D eigenvalue weighted by Crippen LogP contribution is -2.27. The van der Waals surface area contributed by atoms with Crippen molar-refractivity contribution in [3.8, 4) is 0 Å². The molecule has 7 heteroatoms. The van der Waals surface area contributed by atoms with Gasteiger partial charge in [0.15, 0.2) is 0 Å². The number of rotatable bonds is 3. The van der Waals surface area contributed by atoms with E-state index in [0.717, 1.165) is 21.1 Å². The number of aromatic nitrogens is 4. The molecule has 0 saturated carbocycles. The van der Waals surface area contributed by atoms with Crippen LogP contribution in [0, 0.1) is 0 Å². The van der Waals surface area contributed by atoms with E-state index in [2.05, 4.69) is 30.9 Å². The van der Waals surface area contributed by atoms with Gasteiger partial charge >= 0.3 is 5.69 Å². The zero-order valence-electron chi connectivity index (χ0n) is 11.7. The molecule has 0 aliphatic rings. The molecular formula is C14H14BrN5O. The first-order chi connectivity index (χ1) is 10.1. The van der Waals surface area contributed by atoms with Crippen molar-refractivity contribution in [3.63, 3.8) is 0 Å². The summed E-state index contributed by atoms with van der Waals surface area (Å²) < 4.78 is 2.55. The Labute approximate surface area is 129 Å². The molecule has 1 N–H and O–H groups in total. The SMILES string of the molecule is CN(C)c1nc(=O)n(Cc2c[nH]cn2)c2cc(Br)ccc12. The van der Waals surface area contributed by atoms with Crippen molar-refractivity contribution < 1.29 is 0 Å². The molecule has 0 saturated heterocycles. The van der Waals surface area contributed by atoms with E-state index < -0.39 is 0 Å². The van der Waals surface area contributed by atoms with Gasteiger partial charge in [-0.25, -0.2) is 9.78 Å². The Kier molecular flexibility index (Phi) is 3.50. The number of anilines is 1. The number of hydrogen-bond acceptors (Lipinski definition) is 4. The van der Waals surface area contributed by atoms with Crippen LogP contribution < -0.4 is 10.6 Å². The fourth-order valence-electron chi connectivity index (χ4n) is 2.26. The molecule has 0 spiro atoms. The van der Waals surface area contributed by atoms with Gasteiger partial charge in [-0.1, -0.05) is 15.9 Å². The number of hydrogen-bond donors (Lipinski definition) is 1. The monoisotopic (exact) mass is 347 g/mol. The summed E-state index contributed by atoms with van der Waals surface area (Å²) >= 11 is 3.46. The van der Waals surface area contributed by atoms with Gasteiger partial charge in [0.25, 0.3) is 0 Å². The number of H-pyrrole nitrogens is 1. The average molecular weight is 348 g/mol. The van der Waals surface area contributed by atoms with Gasteiger partial charge in [0.1, 0.15) is 5.82 Å². The van der Waals surface area contributed by atoms with Crippen molar-refractivity contribution >= 4 is 32.7 Å². The minimum Gasteiger partial charge on any atom is -0.362 e. The first kappa shape index (κ1) is 13.8. The van der Waals surface area contributed by atoms with Gasteiger partial charge in [0.05, 0.1) is 24.1 Å². The van der Waals surface area contributed by atoms with E-state index >= 15 is 0 Å².